The first-order valence-corrected chi connectivity index (χ1v) is 6.95. The standard InChI is InChI=1S/C13H27N3O/c1-4-7-14-12-6-9-16(10-11(12)3)13(17)15-8-5-2/h11-12,14H,4-10H2,1-3H3,(H,15,17). The van der Waals surface area contributed by atoms with Crippen LogP contribution in [0.15, 0.2) is 0 Å². The van der Waals surface area contributed by atoms with Gasteiger partial charge in [0.05, 0.1) is 0 Å². The molecule has 4 nitrogen and oxygen atoms in total. The summed E-state index contributed by atoms with van der Waals surface area (Å²) < 4.78 is 0. The van der Waals surface area contributed by atoms with Gasteiger partial charge in [0.2, 0.25) is 0 Å². The van der Waals surface area contributed by atoms with E-state index in [2.05, 4.69) is 31.4 Å². The van der Waals surface area contributed by atoms with E-state index in [1.54, 1.807) is 0 Å². The summed E-state index contributed by atoms with van der Waals surface area (Å²) in [6.45, 7) is 10.1. The summed E-state index contributed by atoms with van der Waals surface area (Å²) in [4.78, 5) is 13.8. The number of urea groups is 1. The highest BCUT2D eigenvalue weighted by atomic mass is 16.2. The topological polar surface area (TPSA) is 44.4 Å². The Labute approximate surface area is 105 Å². The molecule has 2 unspecified atom stereocenters. The lowest BCUT2D eigenvalue weighted by Crippen LogP contribution is -2.52. The summed E-state index contributed by atoms with van der Waals surface area (Å²) in [5.74, 6) is 0.544. The number of carbonyl (C=O) groups is 1. The monoisotopic (exact) mass is 241 g/mol. The molecule has 0 aromatic rings. The number of amides is 2. The molecule has 1 aliphatic rings. The third kappa shape index (κ3) is 4.54. The first-order valence-electron chi connectivity index (χ1n) is 6.95. The highest BCUT2D eigenvalue weighted by Crippen LogP contribution is 2.16. The summed E-state index contributed by atoms with van der Waals surface area (Å²) in [5, 5.41) is 6.51. The molecule has 0 aliphatic carbocycles. The van der Waals surface area contributed by atoms with Crippen LogP contribution in [-0.2, 0) is 0 Å². The van der Waals surface area contributed by atoms with Gasteiger partial charge in [-0.3, -0.25) is 0 Å². The Bertz CT molecular complexity index is 233. The molecule has 0 bridgehead atoms. The molecule has 1 aliphatic heterocycles. The van der Waals surface area contributed by atoms with Crippen LogP contribution >= 0.6 is 0 Å². The average molecular weight is 241 g/mol. The normalized spacial score (nSPS) is 24.8. The van der Waals surface area contributed by atoms with E-state index in [0.29, 0.717) is 12.0 Å². The SMILES string of the molecule is CCCNC(=O)N1CCC(NCCC)C(C)C1. The van der Waals surface area contributed by atoms with Crippen LogP contribution in [0.4, 0.5) is 4.79 Å². The molecule has 0 aromatic heterocycles. The lowest BCUT2D eigenvalue weighted by Gasteiger charge is -2.37. The van der Waals surface area contributed by atoms with Crippen molar-refractivity contribution in [3.63, 3.8) is 0 Å². The summed E-state index contributed by atoms with van der Waals surface area (Å²) in [5.41, 5.74) is 0. The molecule has 100 valence electrons. The number of carbonyl (C=O) groups excluding carboxylic acids is 1. The first kappa shape index (κ1) is 14.3. The van der Waals surface area contributed by atoms with E-state index in [0.717, 1.165) is 39.0 Å². The van der Waals surface area contributed by atoms with Gasteiger partial charge in [0, 0.05) is 25.7 Å². The van der Waals surface area contributed by atoms with Crippen molar-refractivity contribution < 1.29 is 4.79 Å². The zero-order chi connectivity index (χ0) is 12.7. The minimum Gasteiger partial charge on any atom is -0.338 e. The molecule has 1 saturated heterocycles. The van der Waals surface area contributed by atoms with Crippen LogP contribution in [0.25, 0.3) is 0 Å². The second-order valence-corrected chi connectivity index (χ2v) is 5.00. The van der Waals surface area contributed by atoms with E-state index < -0.39 is 0 Å². The number of piperidine rings is 1. The van der Waals surface area contributed by atoms with E-state index in [1.807, 2.05) is 4.90 Å². The van der Waals surface area contributed by atoms with E-state index >= 15 is 0 Å². The van der Waals surface area contributed by atoms with Gasteiger partial charge in [-0.05, 0) is 31.7 Å². The number of hydrogen-bond donors (Lipinski definition) is 2. The maximum atomic E-state index is 11.8. The van der Waals surface area contributed by atoms with Crippen LogP contribution in [0, 0.1) is 5.92 Å². The maximum Gasteiger partial charge on any atom is 0.317 e. The Balaban J connectivity index is 2.32. The van der Waals surface area contributed by atoms with Gasteiger partial charge in [-0.2, -0.15) is 0 Å². The molecule has 0 spiro atoms. The molecule has 4 heteroatoms. The summed E-state index contributed by atoms with van der Waals surface area (Å²) in [6.07, 6.45) is 3.24. The van der Waals surface area contributed by atoms with Gasteiger partial charge >= 0.3 is 6.03 Å². The largest absolute Gasteiger partial charge is 0.338 e. The summed E-state index contributed by atoms with van der Waals surface area (Å²) in [7, 11) is 0. The molecule has 2 atom stereocenters. The Hall–Kier alpha value is -0.770. The lowest BCUT2D eigenvalue weighted by atomic mass is 9.94. The lowest BCUT2D eigenvalue weighted by molar-refractivity contribution is 0.150. The maximum absolute atomic E-state index is 11.8. The van der Waals surface area contributed by atoms with Crippen LogP contribution in [-0.4, -0.2) is 43.2 Å². The highest BCUT2D eigenvalue weighted by molar-refractivity contribution is 5.74. The van der Waals surface area contributed by atoms with Crippen LogP contribution in [0.1, 0.15) is 40.0 Å². The van der Waals surface area contributed by atoms with Gasteiger partial charge in [0.25, 0.3) is 0 Å². The van der Waals surface area contributed by atoms with Crippen LogP contribution < -0.4 is 10.6 Å². The molecule has 1 heterocycles. The number of nitrogens with zero attached hydrogens (tertiary/aromatic N) is 1. The number of likely N-dealkylation sites (tertiary alicyclic amines) is 1. The van der Waals surface area contributed by atoms with E-state index in [-0.39, 0.29) is 6.03 Å². The molecule has 1 fully saturated rings. The molecule has 0 saturated carbocycles. The Morgan fingerprint density at radius 1 is 1.29 bits per heavy atom. The fourth-order valence-corrected chi connectivity index (χ4v) is 2.31. The summed E-state index contributed by atoms with van der Waals surface area (Å²) >= 11 is 0. The predicted octanol–water partition coefficient (Wildman–Crippen LogP) is 1.82. The summed E-state index contributed by atoms with van der Waals surface area (Å²) in [6, 6.07) is 0.679. The fourth-order valence-electron chi connectivity index (χ4n) is 2.31. The van der Waals surface area contributed by atoms with E-state index in [4.69, 9.17) is 0 Å². The first-order chi connectivity index (χ1) is 8.19. The smallest absolute Gasteiger partial charge is 0.317 e. The minimum absolute atomic E-state index is 0.104. The van der Waals surface area contributed by atoms with E-state index in [1.165, 1.54) is 6.42 Å². The van der Waals surface area contributed by atoms with Crippen molar-refractivity contribution >= 4 is 6.03 Å². The van der Waals surface area contributed by atoms with Gasteiger partial charge in [-0.25, -0.2) is 4.79 Å². The van der Waals surface area contributed by atoms with Crippen LogP contribution in [0.5, 0.6) is 0 Å². The Kier molecular flexibility index (Phi) is 6.34. The molecule has 2 amide bonds. The molecule has 2 N–H and O–H groups in total. The van der Waals surface area contributed by atoms with Crippen LogP contribution in [0.2, 0.25) is 0 Å². The second-order valence-electron chi connectivity index (χ2n) is 5.00. The highest BCUT2D eigenvalue weighted by Gasteiger charge is 2.27. The average Bonchev–Trinajstić information content (AvgIpc) is 2.34. The Morgan fingerprint density at radius 2 is 2.00 bits per heavy atom. The zero-order valence-electron chi connectivity index (χ0n) is 11.5. The Morgan fingerprint density at radius 3 is 2.59 bits per heavy atom. The molecule has 17 heavy (non-hydrogen) atoms. The predicted molar refractivity (Wildman–Crippen MR) is 71.1 cm³/mol. The van der Waals surface area contributed by atoms with Crippen molar-refractivity contribution in [3.8, 4) is 0 Å². The molecular formula is C13H27N3O. The van der Waals surface area contributed by atoms with E-state index in [9.17, 15) is 4.79 Å². The molecule has 1 rings (SSSR count). The fraction of sp³-hybridized carbons (Fsp3) is 0.923. The second kappa shape index (κ2) is 7.54. The van der Waals surface area contributed by atoms with Crippen molar-refractivity contribution in [2.45, 2.75) is 46.1 Å². The van der Waals surface area contributed by atoms with Gasteiger partial charge in [-0.15, -0.1) is 0 Å². The third-order valence-corrected chi connectivity index (χ3v) is 3.38. The van der Waals surface area contributed by atoms with Crippen molar-refractivity contribution in [2.24, 2.45) is 5.92 Å². The molecule has 0 aromatic carbocycles. The number of hydrogen-bond acceptors (Lipinski definition) is 2. The van der Waals surface area contributed by atoms with Gasteiger partial charge in [0.15, 0.2) is 0 Å². The van der Waals surface area contributed by atoms with Crippen molar-refractivity contribution in [1.82, 2.24) is 15.5 Å². The quantitative estimate of drug-likeness (QED) is 0.771. The van der Waals surface area contributed by atoms with Gasteiger partial charge in [-0.1, -0.05) is 20.8 Å². The van der Waals surface area contributed by atoms with Crippen LogP contribution in [0.3, 0.4) is 0 Å². The van der Waals surface area contributed by atoms with Gasteiger partial charge < -0.3 is 15.5 Å². The van der Waals surface area contributed by atoms with Gasteiger partial charge in [0.1, 0.15) is 0 Å². The molecule has 0 radical (unpaired) electrons. The van der Waals surface area contributed by atoms with Crippen molar-refractivity contribution in [1.29, 1.82) is 0 Å². The molecular weight excluding hydrogens is 214 g/mol. The van der Waals surface area contributed by atoms with Crippen molar-refractivity contribution in [2.75, 3.05) is 26.2 Å². The minimum atomic E-state index is 0.104. The van der Waals surface area contributed by atoms with Crippen molar-refractivity contribution in [3.05, 3.63) is 0 Å². The zero-order valence-corrected chi connectivity index (χ0v) is 11.5. The third-order valence-electron chi connectivity index (χ3n) is 3.38. The number of rotatable bonds is 5. The number of nitrogens with one attached hydrogen (secondary N) is 2.